The van der Waals surface area contributed by atoms with Crippen LogP contribution in [-0.4, -0.2) is 44.6 Å². The van der Waals surface area contributed by atoms with E-state index in [2.05, 4.69) is 51.4 Å². The van der Waals surface area contributed by atoms with Gasteiger partial charge in [-0.3, -0.25) is 4.79 Å². The van der Waals surface area contributed by atoms with E-state index in [0.29, 0.717) is 34.9 Å². The van der Waals surface area contributed by atoms with Gasteiger partial charge >= 0.3 is 0 Å². The van der Waals surface area contributed by atoms with Crippen LogP contribution in [0.5, 0.6) is 5.88 Å². The molecule has 0 bridgehead atoms. The topological polar surface area (TPSA) is 85.8 Å². The lowest BCUT2D eigenvalue weighted by molar-refractivity contribution is -0.130. The van der Waals surface area contributed by atoms with Crippen LogP contribution in [0.15, 0.2) is 53.1 Å². The van der Waals surface area contributed by atoms with Gasteiger partial charge in [0.05, 0.1) is 6.20 Å². The van der Waals surface area contributed by atoms with Crippen LogP contribution in [-0.2, 0) is 4.79 Å². The van der Waals surface area contributed by atoms with Crippen molar-refractivity contribution in [2.24, 2.45) is 0 Å². The van der Waals surface area contributed by atoms with E-state index >= 15 is 0 Å². The van der Waals surface area contributed by atoms with Gasteiger partial charge in [-0.05, 0) is 38.3 Å². The summed E-state index contributed by atoms with van der Waals surface area (Å²) in [7, 11) is 0. The van der Waals surface area contributed by atoms with E-state index in [-0.39, 0.29) is 12.0 Å². The van der Waals surface area contributed by atoms with E-state index in [1.807, 2.05) is 17.0 Å². The highest BCUT2D eigenvalue weighted by molar-refractivity contribution is 9.10. The largest absolute Gasteiger partial charge is 0.473 e. The zero-order valence-electron chi connectivity index (χ0n) is 17.1. The number of rotatable bonds is 3. The fourth-order valence-electron chi connectivity index (χ4n) is 4.06. The molecule has 0 atom stereocenters. The summed E-state index contributed by atoms with van der Waals surface area (Å²) in [5, 5.41) is 6.78. The molecule has 1 amide bonds. The molecule has 2 aromatic heterocycles. The molecule has 0 aliphatic carbocycles. The third-order valence-corrected chi connectivity index (χ3v) is 6.56. The maximum atomic E-state index is 11.6. The highest BCUT2D eigenvalue weighted by Crippen LogP contribution is 2.35. The Labute approximate surface area is 187 Å². The van der Waals surface area contributed by atoms with Gasteiger partial charge in [-0.15, -0.1) is 0 Å². The van der Waals surface area contributed by atoms with E-state index in [4.69, 9.17) is 15.5 Å². The number of nitrogen functional groups attached to an aromatic ring is 1. The van der Waals surface area contributed by atoms with Gasteiger partial charge in [-0.25, -0.2) is 0 Å². The summed E-state index contributed by atoms with van der Waals surface area (Å²) in [6.07, 6.45) is 3.28. The average molecular weight is 480 g/mol. The van der Waals surface area contributed by atoms with Gasteiger partial charge in [-0.2, -0.15) is 14.6 Å². The van der Waals surface area contributed by atoms with Crippen LogP contribution in [0.1, 0.15) is 19.8 Å². The van der Waals surface area contributed by atoms with Crippen molar-refractivity contribution in [1.29, 1.82) is 0 Å². The van der Waals surface area contributed by atoms with Crippen molar-refractivity contribution in [3.8, 4) is 17.0 Å². The first-order chi connectivity index (χ1) is 15.0. The maximum absolute atomic E-state index is 11.6. The molecule has 0 radical (unpaired) electrons. The van der Waals surface area contributed by atoms with Crippen molar-refractivity contribution < 1.29 is 9.53 Å². The quantitative estimate of drug-likeness (QED) is 0.473. The normalized spacial score (nSPS) is 15.0. The number of benzene rings is 2. The van der Waals surface area contributed by atoms with E-state index in [9.17, 15) is 4.79 Å². The number of nitrogens with zero attached hydrogens (tertiary/aromatic N) is 4. The van der Waals surface area contributed by atoms with Crippen LogP contribution in [0.2, 0.25) is 0 Å². The lowest BCUT2D eigenvalue weighted by atomic mass is 10.0. The summed E-state index contributed by atoms with van der Waals surface area (Å²) in [5.41, 5.74) is 8.90. The Balaban J connectivity index is 1.50. The van der Waals surface area contributed by atoms with Gasteiger partial charge in [0.15, 0.2) is 5.65 Å². The number of aromatic nitrogens is 3. The Morgan fingerprint density at radius 1 is 1.16 bits per heavy atom. The first-order valence-corrected chi connectivity index (χ1v) is 11.0. The molecule has 158 valence electrons. The van der Waals surface area contributed by atoms with E-state index in [1.54, 1.807) is 17.6 Å². The van der Waals surface area contributed by atoms with Gasteiger partial charge in [-0.1, -0.05) is 36.4 Å². The van der Waals surface area contributed by atoms with Crippen molar-refractivity contribution in [2.75, 3.05) is 18.8 Å². The third-order valence-electron chi connectivity index (χ3n) is 5.82. The van der Waals surface area contributed by atoms with Crippen LogP contribution < -0.4 is 10.5 Å². The van der Waals surface area contributed by atoms with Gasteiger partial charge in [0.2, 0.25) is 11.8 Å². The van der Waals surface area contributed by atoms with Crippen LogP contribution >= 0.6 is 15.9 Å². The molecular weight excluding hydrogens is 458 g/mol. The van der Waals surface area contributed by atoms with Crippen molar-refractivity contribution in [2.45, 2.75) is 25.9 Å². The molecule has 1 aliphatic heterocycles. The number of piperidine rings is 1. The van der Waals surface area contributed by atoms with Gasteiger partial charge in [0, 0.05) is 38.4 Å². The Morgan fingerprint density at radius 3 is 2.65 bits per heavy atom. The first-order valence-electron chi connectivity index (χ1n) is 10.3. The zero-order valence-corrected chi connectivity index (χ0v) is 18.7. The molecule has 1 aliphatic rings. The highest BCUT2D eigenvalue weighted by Gasteiger charge is 2.25. The second kappa shape index (κ2) is 7.85. The number of anilines is 1. The molecule has 0 spiro atoms. The minimum absolute atomic E-state index is 0.0201. The minimum Gasteiger partial charge on any atom is -0.473 e. The minimum atomic E-state index is -0.0201. The first kappa shape index (κ1) is 19.8. The van der Waals surface area contributed by atoms with Gasteiger partial charge in [0.25, 0.3) is 0 Å². The van der Waals surface area contributed by atoms with Crippen molar-refractivity contribution in [3.63, 3.8) is 0 Å². The van der Waals surface area contributed by atoms with Crippen LogP contribution in [0.25, 0.3) is 27.5 Å². The van der Waals surface area contributed by atoms with Gasteiger partial charge < -0.3 is 15.4 Å². The molecular formula is C23H22BrN5O2. The van der Waals surface area contributed by atoms with E-state index < -0.39 is 0 Å². The van der Waals surface area contributed by atoms with Crippen molar-refractivity contribution >= 4 is 44.1 Å². The number of nitrogens with two attached hydrogens (primary N) is 1. The number of hydrogen-bond acceptors (Lipinski definition) is 5. The summed E-state index contributed by atoms with van der Waals surface area (Å²) in [4.78, 5) is 18.2. The summed E-state index contributed by atoms with van der Waals surface area (Å²) in [5.74, 6) is 0.990. The molecule has 3 heterocycles. The Bertz CT molecular complexity index is 1290. The van der Waals surface area contributed by atoms with Crippen molar-refractivity contribution in [3.05, 3.63) is 53.1 Å². The molecule has 1 saturated heterocycles. The third kappa shape index (κ3) is 3.61. The number of ether oxygens (including phenoxy) is 1. The second-order valence-electron chi connectivity index (χ2n) is 7.80. The lowest BCUT2D eigenvalue weighted by Crippen LogP contribution is -2.40. The fourth-order valence-corrected chi connectivity index (χ4v) is 4.41. The number of halogens is 1. The molecule has 0 unspecified atom stereocenters. The molecule has 8 heteroatoms. The Hall–Kier alpha value is -3.13. The molecule has 1 fully saturated rings. The number of carbonyl (C=O) groups is 1. The summed E-state index contributed by atoms with van der Waals surface area (Å²) >= 11 is 3.52. The number of fused-ring (bicyclic) bond motifs is 2. The lowest BCUT2D eigenvalue weighted by Gasteiger charge is -2.31. The molecule has 7 nitrogen and oxygen atoms in total. The van der Waals surface area contributed by atoms with Crippen LogP contribution in [0.4, 0.5) is 5.82 Å². The second-order valence-corrected chi connectivity index (χ2v) is 8.59. The fraction of sp³-hybridized carbons (Fsp3) is 0.261. The zero-order chi connectivity index (χ0) is 21.5. The van der Waals surface area contributed by atoms with Crippen LogP contribution in [0, 0.1) is 0 Å². The molecule has 0 saturated carbocycles. The highest BCUT2D eigenvalue weighted by atomic mass is 79.9. The average Bonchev–Trinajstić information content (AvgIpc) is 3.21. The summed E-state index contributed by atoms with van der Waals surface area (Å²) < 4.78 is 8.43. The Morgan fingerprint density at radius 2 is 1.90 bits per heavy atom. The standard InChI is InChI=1S/C23H22BrN5O2/c1-14(30)28-10-8-18(9-11-28)31-23-20(24)21(25)29-22(27-23)19(13-26-29)17-7-6-15-4-2-3-5-16(15)12-17/h2-7,12-13,18H,8-11,25H2,1H3. The molecule has 2 N–H and O–H groups in total. The molecule has 2 aromatic carbocycles. The monoisotopic (exact) mass is 479 g/mol. The smallest absolute Gasteiger partial charge is 0.234 e. The molecule has 5 rings (SSSR count). The SMILES string of the molecule is CC(=O)N1CCC(Oc2nc3c(-c4ccc5ccccc5c4)cnn3c(N)c2Br)CC1. The van der Waals surface area contributed by atoms with Gasteiger partial charge in [0.1, 0.15) is 16.4 Å². The summed E-state index contributed by atoms with van der Waals surface area (Å²) in [6, 6.07) is 14.5. The number of likely N-dealkylation sites (tertiary alicyclic amines) is 1. The van der Waals surface area contributed by atoms with Crippen molar-refractivity contribution in [1.82, 2.24) is 19.5 Å². The predicted octanol–water partition coefficient (Wildman–Crippen LogP) is 4.28. The number of amides is 1. The number of hydrogen-bond donors (Lipinski definition) is 1. The van der Waals surface area contributed by atoms with Crippen LogP contribution in [0.3, 0.4) is 0 Å². The van der Waals surface area contributed by atoms with E-state index in [1.165, 1.54) is 5.39 Å². The Kier molecular flexibility index (Phi) is 5.02. The summed E-state index contributed by atoms with van der Waals surface area (Å²) in [6.45, 7) is 2.97. The maximum Gasteiger partial charge on any atom is 0.234 e. The molecule has 4 aromatic rings. The molecule has 31 heavy (non-hydrogen) atoms. The van der Waals surface area contributed by atoms with E-state index in [0.717, 1.165) is 29.4 Å². The number of carbonyl (C=O) groups excluding carboxylic acids is 1. The predicted molar refractivity (Wildman–Crippen MR) is 124 cm³/mol.